The number of aliphatic imine (C=N–C) groups is 1. The van der Waals surface area contributed by atoms with Crippen molar-refractivity contribution in [1.29, 1.82) is 0 Å². The summed E-state index contributed by atoms with van der Waals surface area (Å²) in [5, 5.41) is 6.89. The normalized spacial score (nSPS) is 24.5. The monoisotopic (exact) mass is 392 g/mol. The first kappa shape index (κ1) is 17.8. The molecule has 0 aromatic carbocycles. The van der Waals surface area contributed by atoms with E-state index in [1.807, 2.05) is 0 Å². The Kier molecular flexibility index (Phi) is 8.52. The molecule has 1 aliphatic heterocycles. The third-order valence-electron chi connectivity index (χ3n) is 3.92. The van der Waals surface area contributed by atoms with E-state index in [0.717, 1.165) is 37.8 Å². The Balaban J connectivity index is 0.00000200. The van der Waals surface area contributed by atoms with E-state index in [2.05, 4.69) is 41.7 Å². The van der Waals surface area contributed by atoms with E-state index in [0.29, 0.717) is 6.04 Å². The minimum atomic E-state index is 0. The second-order valence-corrected chi connectivity index (χ2v) is 5.77. The average molecular weight is 392 g/mol. The van der Waals surface area contributed by atoms with Gasteiger partial charge >= 0.3 is 0 Å². The SMILES string of the molecule is CCNC(=NCC1CCCN(C)C1)NC1CC=CC1.I. The molecule has 1 saturated heterocycles. The van der Waals surface area contributed by atoms with Gasteiger partial charge in [-0.1, -0.05) is 12.2 Å². The summed E-state index contributed by atoms with van der Waals surface area (Å²) in [5.74, 6) is 1.71. The molecule has 20 heavy (non-hydrogen) atoms. The van der Waals surface area contributed by atoms with Crippen LogP contribution in [0.5, 0.6) is 0 Å². The minimum Gasteiger partial charge on any atom is -0.357 e. The predicted octanol–water partition coefficient (Wildman–Crippen LogP) is 2.22. The maximum Gasteiger partial charge on any atom is 0.191 e. The smallest absolute Gasteiger partial charge is 0.191 e. The van der Waals surface area contributed by atoms with Crippen molar-refractivity contribution < 1.29 is 0 Å². The Labute approximate surface area is 140 Å². The molecule has 1 unspecified atom stereocenters. The van der Waals surface area contributed by atoms with Crippen LogP contribution in [-0.4, -0.2) is 50.1 Å². The van der Waals surface area contributed by atoms with Crippen LogP contribution in [0.3, 0.4) is 0 Å². The molecule has 116 valence electrons. The van der Waals surface area contributed by atoms with Crippen molar-refractivity contribution in [2.75, 3.05) is 33.2 Å². The average Bonchev–Trinajstić information content (AvgIpc) is 2.89. The fourth-order valence-electron chi connectivity index (χ4n) is 2.89. The van der Waals surface area contributed by atoms with Crippen LogP contribution < -0.4 is 10.6 Å². The molecule has 0 bridgehead atoms. The van der Waals surface area contributed by atoms with E-state index in [4.69, 9.17) is 4.99 Å². The number of hydrogen-bond donors (Lipinski definition) is 2. The fraction of sp³-hybridized carbons (Fsp3) is 0.800. The number of nitrogens with zero attached hydrogens (tertiary/aromatic N) is 2. The molecule has 0 spiro atoms. The maximum absolute atomic E-state index is 4.78. The van der Waals surface area contributed by atoms with Gasteiger partial charge in [-0.05, 0) is 52.1 Å². The van der Waals surface area contributed by atoms with Crippen LogP contribution in [0.15, 0.2) is 17.1 Å². The number of piperidine rings is 1. The molecule has 2 N–H and O–H groups in total. The number of likely N-dealkylation sites (tertiary alicyclic amines) is 1. The summed E-state index contributed by atoms with van der Waals surface area (Å²) >= 11 is 0. The number of nitrogens with one attached hydrogen (secondary N) is 2. The van der Waals surface area contributed by atoms with Gasteiger partial charge in [0.1, 0.15) is 0 Å². The Morgan fingerprint density at radius 2 is 2.10 bits per heavy atom. The van der Waals surface area contributed by atoms with Gasteiger partial charge in [0.05, 0.1) is 0 Å². The molecule has 1 atom stereocenters. The van der Waals surface area contributed by atoms with Crippen molar-refractivity contribution in [3.05, 3.63) is 12.2 Å². The van der Waals surface area contributed by atoms with Crippen molar-refractivity contribution in [3.63, 3.8) is 0 Å². The first-order valence-electron chi connectivity index (χ1n) is 7.66. The van der Waals surface area contributed by atoms with Crippen LogP contribution in [-0.2, 0) is 0 Å². The summed E-state index contributed by atoms with van der Waals surface area (Å²) in [6.45, 7) is 6.43. The van der Waals surface area contributed by atoms with Gasteiger partial charge in [-0.15, -0.1) is 24.0 Å². The van der Waals surface area contributed by atoms with Gasteiger partial charge in [-0.3, -0.25) is 4.99 Å². The summed E-state index contributed by atoms with van der Waals surface area (Å²) in [5.41, 5.74) is 0. The van der Waals surface area contributed by atoms with E-state index in [1.54, 1.807) is 0 Å². The van der Waals surface area contributed by atoms with Crippen molar-refractivity contribution in [1.82, 2.24) is 15.5 Å². The van der Waals surface area contributed by atoms with Crippen molar-refractivity contribution in [2.24, 2.45) is 10.9 Å². The molecule has 2 rings (SSSR count). The lowest BCUT2D eigenvalue weighted by molar-refractivity contribution is 0.214. The highest BCUT2D eigenvalue weighted by Gasteiger charge is 2.17. The Morgan fingerprint density at radius 3 is 2.75 bits per heavy atom. The predicted molar refractivity (Wildman–Crippen MR) is 96.9 cm³/mol. The second kappa shape index (κ2) is 9.60. The fourth-order valence-corrected chi connectivity index (χ4v) is 2.89. The van der Waals surface area contributed by atoms with E-state index >= 15 is 0 Å². The molecule has 1 fully saturated rings. The van der Waals surface area contributed by atoms with Crippen molar-refractivity contribution in [3.8, 4) is 0 Å². The van der Waals surface area contributed by atoms with Gasteiger partial charge < -0.3 is 15.5 Å². The molecule has 0 amide bonds. The topological polar surface area (TPSA) is 39.7 Å². The van der Waals surface area contributed by atoms with Crippen molar-refractivity contribution >= 4 is 29.9 Å². The highest BCUT2D eigenvalue weighted by molar-refractivity contribution is 14.0. The number of rotatable bonds is 4. The van der Waals surface area contributed by atoms with Gasteiger partial charge in [0.15, 0.2) is 5.96 Å². The van der Waals surface area contributed by atoms with Gasteiger partial charge in [0.2, 0.25) is 0 Å². The largest absolute Gasteiger partial charge is 0.357 e. The quantitative estimate of drug-likeness (QED) is 0.334. The number of guanidine groups is 1. The zero-order valence-electron chi connectivity index (χ0n) is 12.8. The minimum absolute atomic E-state index is 0. The van der Waals surface area contributed by atoms with Crippen LogP contribution in [0.25, 0.3) is 0 Å². The van der Waals surface area contributed by atoms with E-state index in [-0.39, 0.29) is 24.0 Å². The van der Waals surface area contributed by atoms with Gasteiger partial charge in [-0.25, -0.2) is 0 Å². The molecule has 1 aliphatic carbocycles. The summed E-state index contributed by atoms with van der Waals surface area (Å²) in [6, 6.07) is 0.534. The maximum atomic E-state index is 4.78. The summed E-state index contributed by atoms with van der Waals surface area (Å²) in [4.78, 5) is 7.20. The highest BCUT2D eigenvalue weighted by Crippen LogP contribution is 2.15. The second-order valence-electron chi connectivity index (χ2n) is 5.77. The van der Waals surface area contributed by atoms with Gasteiger partial charge in [-0.2, -0.15) is 0 Å². The molecule has 0 saturated carbocycles. The molecule has 5 heteroatoms. The molecular weight excluding hydrogens is 363 g/mol. The molecule has 1 heterocycles. The van der Waals surface area contributed by atoms with Gasteiger partial charge in [0, 0.05) is 25.7 Å². The number of halogens is 1. The number of hydrogen-bond acceptors (Lipinski definition) is 2. The Hall–Kier alpha value is -0.300. The Bertz CT molecular complexity index is 322. The molecule has 0 aromatic heterocycles. The standard InChI is InChI=1S/C15H28N4.HI/c1-3-16-15(18-14-8-4-5-9-14)17-11-13-7-6-10-19(2)12-13;/h4-5,13-14H,3,6-12H2,1-2H3,(H2,16,17,18);1H. The van der Waals surface area contributed by atoms with Crippen LogP contribution in [0, 0.1) is 5.92 Å². The zero-order chi connectivity index (χ0) is 13.5. The van der Waals surface area contributed by atoms with Crippen LogP contribution in [0.1, 0.15) is 32.6 Å². The van der Waals surface area contributed by atoms with E-state index in [1.165, 1.54) is 25.9 Å². The summed E-state index contributed by atoms with van der Waals surface area (Å²) in [7, 11) is 2.21. The summed E-state index contributed by atoms with van der Waals surface area (Å²) in [6.07, 6.45) is 9.37. The zero-order valence-corrected chi connectivity index (χ0v) is 15.1. The van der Waals surface area contributed by atoms with Crippen LogP contribution in [0.4, 0.5) is 0 Å². The first-order chi connectivity index (χ1) is 9.28. The third-order valence-corrected chi connectivity index (χ3v) is 3.92. The van der Waals surface area contributed by atoms with E-state index in [9.17, 15) is 0 Å². The third kappa shape index (κ3) is 5.99. The highest BCUT2D eigenvalue weighted by atomic mass is 127. The Morgan fingerprint density at radius 1 is 1.35 bits per heavy atom. The molecular formula is C15H29IN4. The molecule has 0 radical (unpaired) electrons. The molecule has 2 aliphatic rings. The van der Waals surface area contributed by atoms with Crippen LogP contribution >= 0.6 is 24.0 Å². The summed E-state index contributed by atoms with van der Waals surface area (Å²) < 4.78 is 0. The molecule has 4 nitrogen and oxygen atoms in total. The lowest BCUT2D eigenvalue weighted by atomic mass is 9.99. The van der Waals surface area contributed by atoms with Crippen LogP contribution in [0.2, 0.25) is 0 Å². The molecule has 0 aromatic rings. The lowest BCUT2D eigenvalue weighted by Gasteiger charge is -2.28. The van der Waals surface area contributed by atoms with Crippen molar-refractivity contribution in [2.45, 2.75) is 38.6 Å². The van der Waals surface area contributed by atoms with E-state index < -0.39 is 0 Å². The lowest BCUT2D eigenvalue weighted by Crippen LogP contribution is -2.43. The van der Waals surface area contributed by atoms with Gasteiger partial charge in [0.25, 0.3) is 0 Å². The first-order valence-corrected chi connectivity index (χ1v) is 7.66.